The molecule has 0 aromatic heterocycles. The first-order chi connectivity index (χ1) is 7.22. The lowest BCUT2D eigenvalue weighted by molar-refractivity contribution is -0.142. The van der Waals surface area contributed by atoms with Crippen molar-refractivity contribution in [2.24, 2.45) is 0 Å². The number of carbonyl (C=O) groups excluding carboxylic acids is 1. The van der Waals surface area contributed by atoms with Gasteiger partial charge < -0.3 is 4.74 Å². The molecule has 0 heterocycles. The lowest BCUT2D eigenvalue weighted by Crippen LogP contribution is -1.98. The van der Waals surface area contributed by atoms with Crippen molar-refractivity contribution in [2.75, 3.05) is 0 Å². The van der Waals surface area contributed by atoms with E-state index in [0.717, 1.165) is 12.0 Å². The van der Waals surface area contributed by atoms with E-state index in [1.54, 1.807) is 0 Å². The van der Waals surface area contributed by atoms with Crippen LogP contribution >= 0.6 is 0 Å². The van der Waals surface area contributed by atoms with Gasteiger partial charge in [0, 0.05) is 6.92 Å². The Bertz CT molecular complexity index is 275. The van der Waals surface area contributed by atoms with Crippen molar-refractivity contribution in [3.63, 3.8) is 0 Å². The number of hydrogen-bond acceptors (Lipinski definition) is 2. The summed E-state index contributed by atoms with van der Waals surface area (Å²) >= 11 is 0. The van der Waals surface area contributed by atoms with Crippen LogP contribution in [0.25, 0.3) is 0 Å². The molecule has 0 N–H and O–H groups in total. The number of ether oxygens (including phenoxy) is 1. The fraction of sp³-hybridized carbons (Fsp3) is 0.462. The Hall–Kier alpha value is -1.31. The fourth-order valence-electron chi connectivity index (χ4n) is 1.06. The van der Waals surface area contributed by atoms with E-state index < -0.39 is 0 Å². The summed E-state index contributed by atoms with van der Waals surface area (Å²) in [5.74, 6) is -0.237. The normalized spacial score (nSPS) is 8.80. The van der Waals surface area contributed by atoms with Crippen molar-refractivity contribution in [3.8, 4) is 0 Å². The van der Waals surface area contributed by atoms with Crippen molar-refractivity contribution < 1.29 is 9.53 Å². The summed E-state index contributed by atoms with van der Waals surface area (Å²) in [4.78, 5) is 10.5. The SMILES string of the molecule is CC.CCc1ccc(COC(C)=O)cc1. The highest BCUT2D eigenvalue weighted by Gasteiger charge is 1.95. The molecular weight excluding hydrogens is 188 g/mol. The van der Waals surface area contributed by atoms with Crippen molar-refractivity contribution in [1.29, 1.82) is 0 Å². The summed E-state index contributed by atoms with van der Waals surface area (Å²) in [6.45, 7) is 7.90. The number of benzene rings is 1. The number of hydrogen-bond donors (Lipinski definition) is 0. The van der Waals surface area contributed by atoms with Crippen molar-refractivity contribution in [1.82, 2.24) is 0 Å². The van der Waals surface area contributed by atoms with Crippen LogP contribution in [0.1, 0.15) is 38.8 Å². The largest absolute Gasteiger partial charge is 0.461 e. The molecule has 0 aliphatic heterocycles. The van der Waals surface area contributed by atoms with Crippen LogP contribution in [0.3, 0.4) is 0 Å². The zero-order chi connectivity index (χ0) is 11.7. The average Bonchev–Trinajstić information content (AvgIpc) is 2.30. The molecule has 0 saturated carbocycles. The zero-order valence-electron chi connectivity index (χ0n) is 10.0. The van der Waals surface area contributed by atoms with E-state index in [4.69, 9.17) is 4.74 Å². The third-order valence-corrected chi connectivity index (χ3v) is 1.87. The van der Waals surface area contributed by atoms with E-state index in [1.807, 2.05) is 26.0 Å². The lowest BCUT2D eigenvalue weighted by atomic mass is 10.1. The third kappa shape index (κ3) is 5.89. The van der Waals surface area contributed by atoms with Crippen LogP contribution < -0.4 is 0 Å². The minimum atomic E-state index is -0.237. The highest BCUT2D eigenvalue weighted by atomic mass is 16.5. The summed E-state index contributed by atoms with van der Waals surface area (Å²) in [5, 5.41) is 0. The van der Waals surface area contributed by atoms with E-state index in [-0.39, 0.29) is 5.97 Å². The quantitative estimate of drug-likeness (QED) is 0.712. The second kappa shape index (κ2) is 8.04. The monoisotopic (exact) mass is 208 g/mol. The van der Waals surface area contributed by atoms with E-state index in [2.05, 4.69) is 19.1 Å². The molecule has 0 spiro atoms. The maximum Gasteiger partial charge on any atom is 0.302 e. The van der Waals surface area contributed by atoms with Gasteiger partial charge in [-0.1, -0.05) is 45.0 Å². The Kier molecular flexibility index (Phi) is 7.33. The van der Waals surface area contributed by atoms with Gasteiger partial charge in [-0.3, -0.25) is 4.79 Å². The van der Waals surface area contributed by atoms with Gasteiger partial charge in [-0.15, -0.1) is 0 Å². The van der Waals surface area contributed by atoms with Crippen LogP contribution in [-0.2, 0) is 22.6 Å². The molecule has 1 aromatic rings. The van der Waals surface area contributed by atoms with Crippen molar-refractivity contribution in [2.45, 2.75) is 40.7 Å². The fourth-order valence-corrected chi connectivity index (χ4v) is 1.06. The molecule has 15 heavy (non-hydrogen) atoms. The molecule has 0 aliphatic rings. The van der Waals surface area contributed by atoms with Crippen LogP contribution in [0.4, 0.5) is 0 Å². The number of esters is 1. The first kappa shape index (κ1) is 13.7. The summed E-state index contributed by atoms with van der Waals surface area (Å²) in [6.07, 6.45) is 1.04. The first-order valence-corrected chi connectivity index (χ1v) is 5.43. The Morgan fingerprint density at radius 1 is 1.13 bits per heavy atom. The maximum absolute atomic E-state index is 10.5. The minimum Gasteiger partial charge on any atom is -0.461 e. The molecule has 0 radical (unpaired) electrons. The second-order valence-corrected chi connectivity index (χ2v) is 2.95. The summed E-state index contributed by atoms with van der Waals surface area (Å²) in [7, 11) is 0. The molecule has 0 fully saturated rings. The van der Waals surface area contributed by atoms with Crippen LogP contribution in [0.2, 0.25) is 0 Å². The van der Waals surface area contributed by atoms with Crippen molar-refractivity contribution >= 4 is 5.97 Å². The van der Waals surface area contributed by atoms with E-state index >= 15 is 0 Å². The highest BCUT2D eigenvalue weighted by molar-refractivity contribution is 5.65. The topological polar surface area (TPSA) is 26.3 Å². The van der Waals surface area contributed by atoms with E-state index in [9.17, 15) is 4.79 Å². The molecule has 0 amide bonds. The second-order valence-electron chi connectivity index (χ2n) is 2.95. The first-order valence-electron chi connectivity index (χ1n) is 5.43. The predicted molar refractivity (Wildman–Crippen MR) is 62.6 cm³/mol. The molecule has 0 saturated heterocycles. The van der Waals surface area contributed by atoms with Crippen LogP contribution in [0.15, 0.2) is 24.3 Å². The molecule has 2 heteroatoms. The lowest BCUT2D eigenvalue weighted by Gasteiger charge is -2.02. The van der Waals surface area contributed by atoms with Gasteiger partial charge in [0.1, 0.15) is 6.61 Å². The maximum atomic E-state index is 10.5. The van der Waals surface area contributed by atoms with Gasteiger partial charge in [0.25, 0.3) is 0 Å². The molecule has 0 atom stereocenters. The Labute approximate surface area is 92.3 Å². The molecule has 0 unspecified atom stereocenters. The Morgan fingerprint density at radius 2 is 1.60 bits per heavy atom. The van der Waals surface area contributed by atoms with Crippen LogP contribution in [-0.4, -0.2) is 5.97 Å². The molecule has 0 bridgehead atoms. The van der Waals surface area contributed by atoms with Gasteiger partial charge in [0.15, 0.2) is 0 Å². The molecule has 1 aromatic carbocycles. The van der Waals surface area contributed by atoms with Gasteiger partial charge in [-0.2, -0.15) is 0 Å². The standard InChI is InChI=1S/C11H14O2.C2H6/c1-3-10-4-6-11(7-5-10)8-13-9(2)12;1-2/h4-7H,3,8H2,1-2H3;1-2H3. The number of aryl methyl sites for hydroxylation is 1. The van der Waals surface area contributed by atoms with E-state index in [0.29, 0.717) is 6.61 Å². The number of rotatable bonds is 3. The Balaban J connectivity index is 0.000000921. The molecule has 0 aliphatic carbocycles. The van der Waals surface area contributed by atoms with E-state index in [1.165, 1.54) is 12.5 Å². The van der Waals surface area contributed by atoms with Gasteiger partial charge in [0.2, 0.25) is 0 Å². The van der Waals surface area contributed by atoms with Crippen molar-refractivity contribution in [3.05, 3.63) is 35.4 Å². The van der Waals surface area contributed by atoms with Crippen LogP contribution in [0, 0.1) is 0 Å². The van der Waals surface area contributed by atoms with Gasteiger partial charge in [0.05, 0.1) is 0 Å². The van der Waals surface area contributed by atoms with Gasteiger partial charge in [-0.05, 0) is 17.5 Å². The van der Waals surface area contributed by atoms with Gasteiger partial charge >= 0.3 is 5.97 Å². The number of carbonyl (C=O) groups is 1. The summed E-state index contributed by atoms with van der Waals surface area (Å²) < 4.78 is 4.86. The zero-order valence-corrected chi connectivity index (χ0v) is 10.0. The molecule has 84 valence electrons. The molecule has 2 nitrogen and oxygen atoms in total. The Morgan fingerprint density at radius 3 is 2.00 bits per heavy atom. The minimum absolute atomic E-state index is 0.237. The predicted octanol–water partition coefficient (Wildman–Crippen LogP) is 3.34. The average molecular weight is 208 g/mol. The molecule has 1 rings (SSSR count). The summed E-state index contributed by atoms with van der Waals surface area (Å²) in [5.41, 5.74) is 2.33. The van der Waals surface area contributed by atoms with Gasteiger partial charge in [-0.25, -0.2) is 0 Å². The smallest absolute Gasteiger partial charge is 0.302 e. The molecular formula is C13H20O2. The highest BCUT2D eigenvalue weighted by Crippen LogP contribution is 2.06. The third-order valence-electron chi connectivity index (χ3n) is 1.87. The summed E-state index contributed by atoms with van der Waals surface area (Å²) in [6, 6.07) is 8.08. The van der Waals surface area contributed by atoms with Crippen LogP contribution in [0.5, 0.6) is 0 Å².